The number of carbonyl (C=O) groups is 2. The Balaban J connectivity index is 1.58. The van der Waals surface area contributed by atoms with Gasteiger partial charge in [-0.1, -0.05) is 54.1 Å². The van der Waals surface area contributed by atoms with Crippen molar-refractivity contribution in [1.29, 1.82) is 0 Å². The lowest BCUT2D eigenvalue weighted by atomic mass is 9.97. The zero-order valence-corrected chi connectivity index (χ0v) is 21.1. The Morgan fingerprint density at radius 3 is 2.19 bits per heavy atom. The molecular weight excluding hydrogens is 454 g/mol. The molecule has 0 saturated heterocycles. The van der Waals surface area contributed by atoms with Crippen LogP contribution in [0.5, 0.6) is 11.5 Å². The fraction of sp³-hybridized carbons (Fsp3) is 0.207. The summed E-state index contributed by atoms with van der Waals surface area (Å²) < 4.78 is 12.5. The van der Waals surface area contributed by atoms with Crippen molar-refractivity contribution in [2.45, 2.75) is 27.3 Å². The van der Waals surface area contributed by atoms with E-state index in [9.17, 15) is 9.59 Å². The van der Waals surface area contributed by atoms with Gasteiger partial charge in [0.2, 0.25) is 0 Å². The van der Waals surface area contributed by atoms with Gasteiger partial charge in [0.05, 0.1) is 43.4 Å². The van der Waals surface area contributed by atoms with Crippen molar-refractivity contribution in [3.63, 3.8) is 0 Å². The number of rotatable bonds is 8. The van der Waals surface area contributed by atoms with Gasteiger partial charge < -0.3 is 14.8 Å². The second-order valence-electron chi connectivity index (χ2n) is 8.59. The number of nitrogens with zero attached hydrogens (tertiary/aromatic N) is 2. The molecule has 0 fully saturated rings. The zero-order valence-electron chi connectivity index (χ0n) is 21.1. The van der Waals surface area contributed by atoms with E-state index in [1.807, 2.05) is 55.8 Å². The lowest BCUT2D eigenvalue weighted by Crippen LogP contribution is -2.18. The van der Waals surface area contributed by atoms with Crippen LogP contribution >= 0.6 is 0 Å². The van der Waals surface area contributed by atoms with E-state index in [4.69, 9.17) is 9.47 Å². The molecule has 1 N–H and O–H groups in total. The Morgan fingerprint density at radius 2 is 1.53 bits per heavy atom. The fourth-order valence-corrected chi connectivity index (χ4v) is 4.10. The van der Waals surface area contributed by atoms with Crippen LogP contribution in [0.2, 0.25) is 0 Å². The van der Waals surface area contributed by atoms with Crippen LogP contribution in [0.25, 0.3) is 0 Å². The number of ether oxygens (including phenoxy) is 2. The molecule has 1 heterocycles. The first-order chi connectivity index (χ1) is 17.3. The smallest absolute Gasteiger partial charge is 0.256 e. The largest absolute Gasteiger partial charge is 0.493 e. The Hall–Kier alpha value is -4.39. The first-order valence-electron chi connectivity index (χ1n) is 11.6. The van der Waals surface area contributed by atoms with Crippen molar-refractivity contribution in [2.24, 2.45) is 0 Å². The summed E-state index contributed by atoms with van der Waals surface area (Å²) in [6.45, 7) is 6.20. The molecule has 7 nitrogen and oxygen atoms in total. The minimum Gasteiger partial charge on any atom is -0.493 e. The number of carbonyl (C=O) groups excluding carboxylic acids is 2. The first kappa shape index (κ1) is 24.7. The molecule has 4 aromatic rings. The molecule has 0 aliphatic heterocycles. The van der Waals surface area contributed by atoms with Crippen LogP contribution in [0.1, 0.15) is 48.8 Å². The van der Waals surface area contributed by atoms with E-state index in [1.165, 1.54) is 0 Å². The molecule has 184 valence electrons. The quantitative estimate of drug-likeness (QED) is 0.341. The standard InChI is InChI=1S/C29H29N3O4/c1-18-10-13-22(14-11-18)28(33)23-8-6-7-9-24(23)29(34)30-27-19(2)31-32(20(27)3)17-21-12-15-25(35-4)26(16-21)36-5/h6-16H,17H2,1-5H3,(H,30,34). The van der Waals surface area contributed by atoms with Gasteiger partial charge in [-0.2, -0.15) is 5.10 Å². The predicted molar refractivity (Wildman–Crippen MR) is 139 cm³/mol. The normalized spacial score (nSPS) is 10.7. The van der Waals surface area contributed by atoms with E-state index in [0.717, 1.165) is 16.8 Å². The molecule has 0 radical (unpaired) electrons. The highest BCUT2D eigenvalue weighted by molar-refractivity contribution is 6.17. The highest BCUT2D eigenvalue weighted by Gasteiger charge is 2.21. The number of hydrogen-bond acceptors (Lipinski definition) is 5. The van der Waals surface area contributed by atoms with Gasteiger partial charge in [0.15, 0.2) is 17.3 Å². The van der Waals surface area contributed by atoms with Crippen LogP contribution in [0.15, 0.2) is 66.7 Å². The zero-order chi connectivity index (χ0) is 25.8. The summed E-state index contributed by atoms with van der Waals surface area (Å²) in [4.78, 5) is 26.5. The third kappa shape index (κ3) is 5.00. The number of anilines is 1. The van der Waals surface area contributed by atoms with E-state index in [-0.39, 0.29) is 11.7 Å². The number of aromatic nitrogens is 2. The molecule has 0 spiro atoms. The second-order valence-corrected chi connectivity index (χ2v) is 8.59. The Kier molecular flexibility index (Phi) is 7.20. The topological polar surface area (TPSA) is 82.5 Å². The molecular formula is C29H29N3O4. The average Bonchev–Trinajstić information content (AvgIpc) is 3.15. The van der Waals surface area contributed by atoms with Crippen molar-refractivity contribution in [3.05, 3.63) is 106 Å². The number of benzene rings is 3. The number of methoxy groups -OCH3 is 2. The highest BCUT2D eigenvalue weighted by Crippen LogP contribution is 2.29. The molecule has 0 saturated carbocycles. The van der Waals surface area contributed by atoms with Gasteiger partial charge in [-0.3, -0.25) is 14.3 Å². The summed E-state index contributed by atoms with van der Waals surface area (Å²) in [5.41, 5.74) is 5.36. The van der Waals surface area contributed by atoms with E-state index < -0.39 is 0 Å². The van der Waals surface area contributed by atoms with Crippen molar-refractivity contribution in [3.8, 4) is 11.5 Å². The summed E-state index contributed by atoms with van der Waals surface area (Å²) in [5.74, 6) is 0.739. The van der Waals surface area contributed by atoms with Crippen molar-refractivity contribution in [2.75, 3.05) is 19.5 Å². The Labute approximate surface area is 210 Å². The molecule has 7 heteroatoms. The fourth-order valence-electron chi connectivity index (χ4n) is 4.10. The lowest BCUT2D eigenvalue weighted by Gasteiger charge is -2.12. The van der Waals surface area contributed by atoms with Gasteiger partial charge in [0.25, 0.3) is 5.91 Å². The van der Waals surface area contributed by atoms with Crippen molar-refractivity contribution in [1.82, 2.24) is 9.78 Å². The van der Waals surface area contributed by atoms with Gasteiger partial charge in [-0.15, -0.1) is 0 Å². The van der Waals surface area contributed by atoms with Crippen LogP contribution in [-0.2, 0) is 6.54 Å². The van der Waals surface area contributed by atoms with Crippen LogP contribution in [0, 0.1) is 20.8 Å². The van der Waals surface area contributed by atoms with Gasteiger partial charge in [-0.05, 0) is 44.5 Å². The maximum absolute atomic E-state index is 13.3. The summed E-state index contributed by atoms with van der Waals surface area (Å²) in [7, 11) is 3.19. The van der Waals surface area contributed by atoms with Crippen LogP contribution < -0.4 is 14.8 Å². The summed E-state index contributed by atoms with van der Waals surface area (Å²) in [5, 5.41) is 7.60. The van der Waals surface area contributed by atoms with Crippen LogP contribution in [0.3, 0.4) is 0 Å². The number of aryl methyl sites for hydroxylation is 2. The number of ketones is 1. The average molecular weight is 484 g/mol. The molecule has 1 amide bonds. The number of amides is 1. The van der Waals surface area contributed by atoms with Gasteiger partial charge in [-0.25, -0.2) is 0 Å². The summed E-state index contributed by atoms with van der Waals surface area (Å²) >= 11 is 0. The lowest BCUT2D eigenvalue weighted by molar-refractivity contribution is 0.0996. The van der Waals surface area contributed by atoms with E-state index in [1.54, 1.807) is 50.6 Å². The molecule has 0 atom stereocenters. The summed E-state index contributed by atoms with van der Waals surface area (Å²) in [6.07, 6.45) is 0. The molecule has 0 aliphatic carbocycles. The van der Waals surface area contributed by atoms with Crippen molar-refractivity contribution < 1.29 is 19.1 Å². The van der Waals surface area contributed by atoms with E-state index in [0.29, 0.717) is 46.1 Å². The Bertz CT molecular complexity index is 1420. The maximum atomic E-state index is 13.3. The second kappa shape index (κ2) is 10.5. The monoisotopic (exact) mass is 483 g/mol. The third-order valence-corrected chi connectivity index (χ3v) is 6.13. The maximum Gasteiger partial charge on any atom is 0.256 e. The molecule has 1 aromatic heterocycles. The Morgan fingerprint density at radius 1 is 0.861 bits per heavy atom. The minimum atomic E-state index is -0.358. The first-order valence-corrected chi connectivity index (χ1v) is 11.6. The van der Waals surface area contributed by atoms with Gasteiger partial charge >= 0.3 is 0 Å². The molecule has 4 rings (SSSR count). The SMILES string of the molecule is COc1ccc(Cn2nc(C)c(NC(=O)c3ccccc3C(=O)c3ccc(C)cc3)c2C)cc1OC. The molecule has 0 unspecified atom stereocenters. The molecule has 3 aromatic carbocycles. The van der Waals surface area contributed by atoms with E-state index in [2.05, 4.69) is 10.4 Å². The van der Waals surface area contributed by atoms with E-state index >= 15 is 0 Å². The molecule has 0 bridgehead atoms. The molecule has 0 aliphatic rings. The third-order valence-electron chi connectivity index (χ3n) is 6.13. The van der Waals surface area contributed by atoms with Crippen LogP contribution in [0.4, 0.5) is 5.69 Å². The summed E-state index contributed by atoms with van der Waals surface area (Å²) in [6, 6.07) is 19.9. The van der Waals surface area contributed by atoms with Gasteiger partial charge in [0, 0.05) is 11.1 Å². The van der Waals surface area contributed by atoms with Crippen molar-refractivity contribution >= 4 is 17.4 Å². The number of hydrogen-bond donors (Lipinski definition) is 1. The predicted octanol–water partition coefficient (Wildman–Crippen LogP) is 5.36. The number of nitrogens with one attached hydrogen (secondary N) is 1. The van der Waals surface area contributed by atoms with Crippen LogP contribution in [-0.4, -0.2) is 35.7 Å². The minimum absolute atomic E-state index is 0.196. The molecule has 36 heavy (non-hydrogen) atoms. The highest BCUT2D eigenvalue weighted by atomic mass is 16.5. The van der Waals surface area contributed by atoms with Gasteiger partial charge in [0.1, 0.15) is 0 Å².